The molecule has 4 rings (SSSR count). The van der Waals surface area contributed by atoms with Crippen LogP contribution >= 0.6 is 11.3 Å². The van der Waals surface area contributed by atoms with Crippen molar-refractivity contribution in [2.45, 2.75) is 37.5 Å². The molecule has 2 saturated heterocycles. The highest BCUT2D eigenvalue weighted by atomic mass is 32.1. The summed E-state index contributed by atoms with van der Waals surface area (Å²) in [5, 5.41) is 11.8. The van der Waals surface area contributed by atoms with Crippen molar-refractivity contribution < 1.29 is 22.7 Å². The van der Waals surface area contributed by atoms with E-state index in [-0.39, 0.29) is 18.1 Å². The number of carbonyl (C=O) groups is 1. The number of morpholine rings is 1. The number of ether oxygens (including phenoxy) is 1. The molecule has 2 aliphatic heterocycles. The molecule has 1 aromatic heterocycles. The zero-order valence-corrected chi connectivity index (χ0v) is 15.0. The van der Waals surface area contributed by atoms with Gasteiger partial charge in [0, 0.05) is 6.42 Å². The van der Waals surface area contributed by atoms with Crippen molar-refractivity contribution >= 4 is 22.5 Å². The SMILES string of the molecule is O=C(Nc1nnc(Cc2ccc(C(F)(F)F)cc2)s1)N1C2CCC1COC2. The van der Waals surface area contributed by atoms with Gasteiger partial charge in [0.15, 0.2) is 0 Å². The minimum Gasteiger partial charge on any atom is -0.377 e. The van der Waals surface area contributed by atoms with E-state index in [2.05, 4.69) is 15.5 Å². The third-order valence-electron chi connectivity index (χ3n) is 4.79. The van der Waals surface area contributed by atoms with Crippen molar-refractivity contribution in [2.75, 3.05) is 18.5 Å². The van der Waals surface area contributed by atoms with Crippen molar-refractivity contribution in [1.82, 2.24) is 15.1 Å². The minimum atomic E-state index is -4.35. The van der Waals surface area contributed by atoms with Crippen molar-refractivity contribution in [2.24, 2.45) is 0 Å². The van der Waals surface area contributed by atoms with Crippen molar-refractivity contribution in [1.29, 1.82) is 0 Å². The Labute approximate surface area is 157 Å². The number of amides is 2. The Morgan fingerprint density at radius 3 is 2.48 bits per heavy atom. The zero-order valence-electron chi connectivity index (χ0n) is 14.2. The highest BCUT2D eigenvalue weighted by Gasteiger charge is 2.40. The number of halogens is 3. The fraction of sp³-hybridized carbons (Fsp3) is 0.471. The smallest absolute Gasteiger partial charge is 0.377 e. The van der Waals surface area contributed by atoms with E-state index in [1.165, 1.54) is 23.5 Å². The second-order valence-corrected chi connectivity index (χ2v) is 7.69. The largest absolute Gasteiger partial charge is 0.416 e. The summed E-state index contributed by atoms with van der Waals surface area (Å²) in [6.45, 7) is 1.11. The standard InChI is InChI=1S/C17H17F3N4O2S/c18-17(19,20)11-3-1-10(2-4-11)7-14-22-23-15(27-14)21-16(25)24-12-5-6-13(24)9-26-8-12/h1-4,12-13H,5-9H2,(H,21,23,25). The first-order chi connectivity index (χ1) is 12.9. The van der Waals surface area contributed by atoms with Crippen LogP contribution < -0.4 is 5.32 Å². The number of aromatic nitrogens is 2. The number of hydrogen-bond donors (Lipinski definition) is 1. The van der Waals surface area contributed by atoms with Crippen LogP contribution in [0.25, 0.3) is 0 Å². The number of benzene rings is 1. The summed E-state index contributed by atoms with van der Waals surface area (Å²) in [7, 11) is 0. The first kappa shape index (κ1) is 18.2. The van der Waals surface area contributed by atoms with Gasteiger partial charge in [-0.1, -0.05) is 23.5 Å². The van der Waals surface area contributed by atoms with Crippen LogP contribution in [0.4, 0.5) is 23.1 Å². The molecule has 2 aliphatic rings. The van der Waals surface area contributed by atoms with Crippen molar-refractivity contribution in [3.8, 4) is 0 Å². The summed E-state index contributed by atoms with van der Waals surface area (Å²) in [6, 6.07) is 4.94. The zero-order chi connectivity index (χ0) is 19.0. The third kappa shape index (κ3) is 3.91. The lowest BCUT2D eigenvalue weighted by atomic mass is 10.1. The number of hydrogen-bond acceptors (Lipinski definition) is 5. The van der Waals surface area contributed by atoms with E-state index in [0.29, 0.717) is 35.3 Å². The second kappa shape index (κ2) is 7.08. The van der Waals surface area contributed by atoms with Crippen LogP contribution in [0.5, 0.6) is 0 Å². The van der Waals surface area contributed by atoms with Gasteiger partial charge in [0.05, 0.1) is 30.9 Å². The Hall–Kier alpha value is -2.20. The maximum atomic E-state index is 12.6. The normalized spacial score (nSPS) is 22.1. The highest BCUT2D eigenvalue weighted by molar-refractivity contribution is 7.15. The Balaban J connectivity index is 1.38. The summed E-state index contributed by atoms with van der Waals surface area (Å²) >= 11 is 1.22. The molecule has 3 heterocycles. The molecule has 0 aliphatic carbocycles. The molecule has 144 valence electrons. The molecule has 2 unspecified atom stereocenters. The number of anilines is 1. The van der Waals surface area contributed by atoms with Crippen LogP contribution in [0.3, 0.4) is 0 Å². The number of urea groups is 1. The second-order valence-electron chi connectivity index (χ2n) is 6.63. The quantitative estimate of drug-likeness (QED) is 0.859. The van der Waals surface area contributed by atoms with E-state index in [1.54, 1.807) is 0 Å². The predicted molar refractivity (Wildman–Crippen MR) is 92.6 cm³/mol. The lowest BCUT2D eigenvalue weighted by molar-refractivity contribution is -0.137. The molecule has 2 bridgehead atoms. The fourth-order valence-corrected chi connectivity index (χ4v) is 4.24. The van der Waals surface area contributed by atoms with Gasteiger partial charge in [0.25, 0.3) is 0 Å². The average Bonchev–Trinajstić information content (AvgIpc) is 3.16. The van der Waals surface area contributed by atoms with Gasteiger partial charge < -0.3 is 9.64 Å². The van der Waals surface area contributed by atoms with Crippen LogP contribution in [0.15, 0.2) is 24.3 Å². The molecule has 0 spiro atoms. The van der Waals surface area contributed by atoms with Gasteiger partial charge in [0.2, 0.25) is 5.13 Å². The van der Waals surface area contributed by atoms with E-state index >= 15 is 0 Å². The van der Waals surface area contributed by atoms with Gasteiger partial charge >= 0.3 is 12.2 Å². The highest BCUT2D eigenvalue weighted by Crippen LogP contribution is 2.31. The van der Waals surface area contributed by atoms with Gasteiger partial charge in [0.1, 0.15) is 5.01 Å². The molecule has 6 nitrogen and oxygen atoms in total. The van der Waals surface area contributed by atoms with E-state index in [9.17, 15) is 18.0 Å². The molecule has 0 saturated carbocycles. The topological polar surface area (TPSA) is 67.4 Å². The van der Waals surface area contributed by atoms with E-state index < -0.39 is 11.7 Å². The molecular weight excluding hydrogens is 381 g/mol. The predicted octanol–water partition coefficient (Wildman–Crippen LogP) is 3.54. The molecule has 1 aromatic carbocycles. The first-order valence-electron chi connectivity index (χ1n) is 8.56. The molecule has 10 heteroatoms. The van der Waals surface area contributed by atoms with Gasteiger partial charge in [-0.15, -0.1) is 10.2 Å². The first-order valence-corrected chi connectivity index (χ1v) is 9.37. The molecular formula is C17H17F3N4O2S. The molecule has 2 aromatic rings. The summed E-state index contributed by atoms with van der Waals surface area (Å²) in [5.41, 5.74) is 0.0138. The van der Waals surface area contributed by atoms with Crippen LogP contribution in [0, 0.1) is 0 Å². The lowest BCUT2D eigenvalue weighted by Gasteiger charge is -2.34. The average molecular weight is 398 g/mol. The van der Waals surface area contributed by atoms with Crippen LogP contribution in [-0.2, 0) is 17.3 Å². The Kier molecular flexibility index (Phi) is 4.77. The van der Waals surface area contributed by atoms with Gasteiger partial charge in [-0.05, 0) is 30.5 Å². The lowest BCUT2D eigenvalue weighted by Crippen LogP contribution is -2.50. The molecule has 27 heavy (non-hydrogen) atoms. The minimum absolute atomic E-state index is 0.100. The monoisotopic (exact) mass is 398 g/mol. The number of rotatable bonds is 3. The Bertz CT molecular complexity index is 808. The Morgan fingerprint density at radius 2 is 1.85 bits per heavy atom. The summed E-state index contributed by atoms with van der Waals surface area (Å²) in [5.74, 6) is 0. The van der Waals surface area contributed by atoms with Crippen molar-refractivity contribution in [3.05, 3.63) is 40.4 Å². The van der Waals surface area contributed by atoms with E-state index in [4.69, 9.17) is 4.74 Å². The van der Waals surface area contributed by atoms with Crippen molar-refractivity contribution in [3.63, 3.8) is 0 Å². The summed E-state index contributed by atoms with van der Waals surface area (Å²) in [6.07, 6.45) is -2.12. The summed E-state index contributed by atoms with van der Waals surface area (Å²) in [4.78, 5) is 14.3. The number of carbonyl (C=O) groups excluding carboxylic acids is 1. The molecule has 2 fully saturated rings. The third-order valence-corrected chi connectivity index (χ3v) is 5.63. The van der Waals surface area contributed by atoms with Crippen LogP contribution in [-0.4, -0.2) is 46.4 Å². The maximum Gasteiger partial charge on any atom is 0.416 e. The molecule has 0 radical (unpaired) electrons. The number of fused-ring (bicyclic) bond motifs is 2. The molecule has 1 N–H and O–H groups in total. The van der Waals surface area contributed by atoms with Gasteiger partial charge in [-0.25, -0.2) is 4.79 Å². The number of nitrogens with one attached hydrogen (secondary N) is 1. The maximum absolute atomic E-state index is 12.6. The fourth-order valence-electron chi connectivity index (χ4n) is 3.48. The Morgan fingerprint density at radius 1 is 1.19 bits per heavy atom. The van der Waals surface area contributed by atoms with E-state index in [1.807, 2.05) is 4.90 Å². The van der Waals surface area contributed by atoms with Gasteiger partial charge in [-0.3, -0.25) is 5.32 Å². The van der Waals surface area contributed by atoms with E-state index in [0.717, 1.165) is 25.0 Å². The summed E-state index contributed by atoms with van der Waals surface area (Å²) < 4.78 is 43.3. The van der Waals surface area contributed by atoms with Crippen LogP contribution in [0.2, 0.25) is 0 Å². The number of alkyl halides is 3. The molecule has 2 atom stereocenters. The van der Waals surface area contributed by atoms with Crippen LogP contribution in [0.1, 0.15) is 29.0 Å². The molecule has 2 amide bonds. The number of nitrogens with zero attached hydrogens (tertiary/aromatic N) is 3. The van der Waals surface area contributed by atoms with Gasteiger partial charge in [-0.2, -0.15) is 13.2 Å².